The SMILES string of the molecule is CCC(O)CNC(=O)CCOc1cccc(C)c1. The number of rotatable bonds is 7. The lowest BCUT2D eigenvalue weighted by Crippen LogP contribution is -2.32. The first-order valence-corrected chi connectivity index (χ1v) is 6.26. The van der Waals surface area contributed by atoms with Crippen LogP contribution >= 0.6 is 0 Å². The van der Waals surface area contributed by atoms with E-state index >= 15 is 0 Å². The first-order chi connectivity index (χ1) is 8.61. The van der Waals surface area contributed by atoms with E-state index in [0.717, 1.165) is 11.3 Å². The number of hydrogen-bond donors (Lipinski definition) is 2. The van der Waals surface area contributed by atoms with Crippen molar-refractivity contribution >= 4 is 5.91 Å². The highest BCUT2D eigenvalue weighted by molar-refractivity contribution is 5.76. The van der Waals surface area contributed by atoms with Gasteiger partial charge in [0.1, 0.15) is 5.75 Å². The van der Waals surface area contributed by atoms with E-state index in [9.17, 15) is 9.90 Å². The normalized spacial score (nSPS) is 11.9. The third-order valence-corrected chi connectivity index (χ3v) is 2.59. The van der Waals surface area contributed by atoms with Gasteiger partial charge in [0, 0.05) is 6.54 Å². The van der Waals surface area contributed by atoms with Crippen molar-refractivity contribution in [3.8, 4) is 5.75 Å². The number of carbonyl (C=O) groups excluding carboxylic acids is 1. The van der Waals surface area contributed by atoms with Gasteiger partial charge in [0.2, 0.25) is 5.91 Å². The van der Waals surface area contributed by atoms with Crippen LogP contribution in [0.4, 0.5) is 0 Å². The zero-order valence-corrected chi connectivity index (χ0v) is 11.0. The number of nitrogens with one attached hydrogen (secondary N) is 1. The van der Waals surface area contributed by atoms with Crippen molar-refractivity contribution in [2.75, 3.05) is 13.2 Å². The van der Waals surface area contributed by atoms with Crippen molar-refractivity contribution in [1.29, 1.82) is 0 Å². The molecule has 1 aromatic rings. The Balaban J connectivity index is 2.19. The second-order valence-electron chi connectivity index (χ2n) is 4.28. The summed E-state index contributed by atoms with van der Waals surface area (Å²) in [6.07, 6.45) is 0.469. The molecule has 0 aliphatic heterocycles. The van der Waals surface area contributed by atoms with Gasteiger partial charge in [-0.3, -0.25) is 4.79 Å². The maximum Gasteiger partial charge on any atom is 0.223 e. The van der Waals surface area contributed by atoms with Crippen LogP contribution in [0.5, 0.6) is 5.75 Å². The van der Waals surface area contributed by atoms with E-state index in [0.29, 0.717) is 26.0 Å². The van der Waals surface area contributed by atoms with Crippen LogP contribution in [0.15, 0.2) is 24.3 Å². The molecule has 0 saturated heterocycles. The van der Waals surface area contributed by atoms with Crippen LogP contribution in [0.1, 0.15) is 25.3 Å². The number of amides is 1. The average Bonchev–Trinajstić information content (AvgIpc) is 2.36. The Morgan fingerprint density at radius 1 is 1.50 bits per heavy atom. The van der Waals surface area contributed by atoms with Gasteiger partial charge in [-0.15, -0.1) is 0 Å². The van der Waals surface area contributed by atoms with E-state index in [4.69, 9.17) is 4.74 Å². The fourth-order valence-electron chi connectivity index (χ4n) is 1.43. The zero-order valence-electron chi connectivity index (χ0n) is 11.0. The highest BCUT2D eigenvalue weighted by atomic mass is 16.5. The van der Waals surface area contributed by atoms with Crippen molar-refractivity contribution in [1.82, 2.24) is 5.32 Å². The Morgan fingerprint density at radius 2 is 2.28 bits per heavy atom. The molecule has 1 aromatic carbocycles. The van der Waals surface area contributed by atoms with Gasteiger partial charge in [0.05, 0.1) is 19.1 Å². The molecular weight excluding hydrogens is 230 g/mol. The number of ether oxygens (including phenoxy) is 1. The van der Waals surface area contributed by atoms with Crippen LogP contribution < -0.4 is 10.1 Å². The molecule has 0 aliphatic rings. The van der Waals surface area contributed by atoms with E-state index in [1.54, 1.807) is 0 Å². The summed E-state index contributed by atoms with van der Waals surface area (Å²) in [6.45, 7) is 4.51. The molecule has 0 spiro atoms. The molecule has 1 atom stereocenters. The van der Waals surface area contributed by atoms with Gasteiger partial charge in [-0.05, 0) is 31.0 Å². The monoisotopic (exact) mass is 251 g/mol. The summed E-state index contributed by atoms with van der Waals surface area (Å²) in [4.78, 5) is 11.4. The molecule has 2 N–H and O–H groups in total. The first-order valence-electron chi connectivity index (χ1n) is 6.26. The molecule has 1 amide bonds. The molecule has 18 heavy (non-hydrogen) atoms. The molecule has 1 unspecified atom stereocenters. The van der Waals surface area contributed by atoms with E-state index in [1.165, 1.54) is 0 Å². The van der Waals surface area contributed by atoms with E-state index in [-0.39, 0.29) is 5.91 Å². The number of aliphatic hydroxyl groups is 1. The summed E-state index contributed by atoms with van der Waals surface area (Å²) < 4.78 is 5.47. The first kappa shape index (κ1) is 14.5. The van der Waals surface area contributed by atoms with Crippen LogP contribution in [-0.4, -0.2) is 30.3 Å². The Labute approximate surface area is 108 Å². The molecule has 0 bridgehead atoms. The van der Waals surface area contributed by atoms with Gasteiger partial charge < -0.3 is 15.2 Å². The maximum absolute atomic E-state index is 11.4. The van der Waals surface area contributed by atoms with Crippen LogP contribution in [0.3, 0.4) is 0 Å². The van der Waals surface area contributed by atoms with E-state index in [2.05, 4.69) is 5.32 Å². The second-order valence-corrected chi connectivity index (χ2v) is 4.28. The summed E-state index contributed by atoms with van der Waals surface area (Å²) >= 11 is 0. The third-order valence-electron chi connectivity index (χ3n) is 2.59. The molecule has 0 aliphatic carbocycles. The molecule has 0 radical (unpaired) electrons. The fourth-order valence-corrected chi connectivity index (χ4v) is 1.43. The predicted molar refractivity (Wildman–Crippen MR) is 70.6 cm³/mol. The van der Waals surface area contributed by atoms with Gasteiger partial charge in [-0.25, -0.2) is 0 Å². The lowest BCUT2D eigenvalue weighted by Gasteiger charge is -2.10. The highest BCUT2D eigenvalue weighted by Gasteiger charge is 2.05. The lowest BCUT2D eigenvalue weighted by atomic mass is 10.2. The van der Waals surface area contributed by atoms with Gasteiger partial charge >= 0.3 is 0 Å². The minimum absolute atomic E-state index is 0.102. The van der Waals surface area contributed by atoms with Crippen molar-refractivity contribution < 1.29 is 14.6 Å². The van der Waals surface area contributed by atoms with Crippen LogP contribution in [0.2, 0.25) is 0 Å². The van der Waals surface area contributed by atoms with Crippen molar-refractivity contribution in [2.24, 2.45) is 0 Å². The van der Waals surface area contributed by atoms with Gasteiger partial charge in [-0.1, -0.05) is 19.1 Å². The summed E-state index contributed by atoms with van der Waals surface area (Å²) in [5, 5.41) is 12.0. The van der Waals surface area contributed by atoms with Gasteiger partial charge in [0.25, 0.3) is 0 Å². The van der Waals surface area contributed by atoms with Crippen molar-refractivity contribution in [3.63, 3.8) is 0 Å². The summed E-state index contributed by atoms with van der Waals surface area (Å²) in [5.74, 6) is 0.673. The van der Waals surface area contributed by atoms with Gasteiger partial charge in [-0.2, -0.15) is 0 Å². The number of aryl methyl sites for hydroxylation is 1. The molecule has 1 rings (SSSR count). The second kappa shape index (κ2) is 7.71. The molecule has 0 aromatic heterocycles. The quantitative estimate of drug-likeness (QED) is 0.774. The standard InChI is InChI=1S/C14H21NO3/c1-3-12(16)10-15-14(17)7-8-18-13-6-4-5-11(2)9-13/h4-6,9,12,16H,3,7-8,10H2,1-2H3,(H,15,17). The number of benzene rings is 1. The third kappa shape index (κ3) is 5.68. The molecule has 100 valence electrons. The Bertz CT molecular complexity index is 379. The largest absolute Gasteiger partial charge is 0.493 e. The molecule has 0 fully saturated rings. The summed E-state index contributed by atoms with van der Waals surface area (Å²) in [6, 6.07) is 7.71. The fraction of sp³-hybridized carbons (Fsp3) is 0.500. The van der Waals surface area contributed by atoms with Crippen LogP contribution in [0, 0.1) is 6.92 Å². The molecule has 0 heterocycles. The number of hydrogen-bond acceptors (Lipinski definition) is 3. The number of aliphatic hydroxyl groups excluding tert-OH is 1. The molecule has 0 saturated carbocycles. The zero-order chi connectivity index (χ0) is 13.4. The molecular formula is C14H21NO3. The predicted octanol–water partition coefficient (Wildman–Crippen LogP) is 1.65. The maximum atomic E-state index is 11.4. The molecule has 4 heteroatoms. The number of carbonyl (C=O) groups is 1. The van der Waals surface area contributed by atoms with Gasteiger partial charge in [0.15, 0.2) is 0 Å². The minimum atomic E-state index is -0.466. The highest BCUT2D eigenvalue weighted by Crippen LogP contribution is 2.12. The summed E-state index contributed by atoms with van der Waals surface area (Å²) in [7, 11) is 0. The van der Waals surface area contributed by atoms with E-state index < -0.39 is 6.10 Å². The average molecular weight is 251 g/mol. The van der Waals surface area contributed by atoms with Crippen LogP contribution in [-0.2, 0) is 4.79 Å². The Morgan fingerprint density at radius 3 is 2.94 bits per heavy atom. The van der Waals surface area contributed by atoms with E-state index in [1.807, 2.05) is 38.1 Å². The topological polar surface area (TPSA) is 58.6 Å². The van der Waals surface area contributed by atoms with Crippen molar-refractivity contribution in [3.05, 3.63) is 29.8 Å². The lowest BCUT2D eigenvalue weighted by molar-refractivity contribution is -0.122. The molecule has 4 nitrogen and oxygen atoms in total. The summed E-state index contributed by atoms with van der Waals surface area (Å²) in [5.41, 5.74) is 1.13. The van der Waals surface area contributed by atoms with Crippen LogP contribution in [0.25, 0.3) is 0 Å². The van der Waals surface area contributed by atoms with Crippen molar-refractivity contribution in [2.45, 2.75) is 32.8 Å². The Hall–Kier alpha value is -1.55. The Kier molecular flexibility index (Phi) is 6.22. The smallest absolute Gasteiger partial charge is 0.223 e. The minimum Gasteiger partial charge on any atom is -0.493 e.